The molecule has 0 aliphatic carbocycles. The molecule has 2 aromatic heterocycles. The van der Waals surface area contributed by atoms with Crippen LogP contribution in [0.1, 0.15) is 5.56 Å². The first-order valence-corrected chi connectivity index (χ1v) is 4.46. The fourth-order valence-corrected chi connectivity index (χ4v) is 1.39. The monoisotopic (exact) mass is 204 g/mol. The third-order valence-corrected chi connectivity index (χ3v) is 2.14. The van der Waals surface area contributed by atoms with E-state index in [-0.39, 0.29) is 12.2 Å². The number of nitrogens with zero attached hydrogens (tertiary/aromatic N) is 2. The highest BCUT2D eigenvalue weighted by atomic mass is 19.1. The molecule has 2 rings (SSSR count). The smallest absolute Gasteiger partial charge is 0.147 e. The summed E-state index contributed by atoms with van der Waals surface area (Å²) in [5.74, 6) is -0.501. The maximum Gasteiger partial charge on any atom is 0.147 e. The maximum atomic E-state index is 13.3. The predicted molar refractivity (Wildman–Crippen MR) is 53.3 cm³/mol. The van der Waals surface area contributed by atoms with Crippen LogP contribution in [-0.2, 0) is 6.61 Å². The van der Waals surface area contributed by atoms with Gasteiger partial charge in [0, 0.05) is 35.3 Å². The Kier molecular flexibility index (Phi) is 2.69. The summed E-state index contributed by atoms with van der Waals surface area (Å²) >= 11 is 0. The van der Waals surface area contributed by atoms with Gasteiger partial charge in [0.2, 0.25) is 0 Å². The third kappa shape index (κ3) is 1.85. The quantitative estimate of drug-likeness (QED) is 0.810. The van der Waals surface area contributed by atoms with E-state index in [9.17, 15) is 4.39 Å². The molecule has 3 nitrogen and oxygen atoms in total. The standard InChI is InChI=1S/C11H9FN2O/c12-11-6-14-5-9(10(11)7-15)8-2-1-3-13-4-8/h1-6,15H,7H2. The summed E-state index contributed by atoms with van der Waals surface area (Å²) in [7, 11) is 0. The zero-order valence-corrected chi connectivity index (χ0v) is 7.89. The molecule has 2 heterocycles. The molecule has 4 heteroatoms. The van der Waals surface area contributed by atoms with Crippen molar-refractivity contribution in [3.05, 3.63) is 48.3 Å². The summed E-state index contributed by atoms with van der Waals surface area (Å²) in [5, 5.41) is 9.07. The normalized spacial score (nSPS) is 10.3. The van der Waals surface area contributed by atoms with E-state index < -0.39 is 5.82 Å². The lowest BCUT2D eigenvalue weighted by Gasteiger charge is -2.06. The van der Waals surface area contributed by atoms with Gasteiger partial charge in [-0.15, -0.1) is 0 Å². The first-order chi connectivity index (χ1) is 7.33. The summed E-state index contributed by atoms with van der Waals surface area (Å²) in [5.41, 5.74) is 1.57. The second-order valence-corrected chi connectivity index (χ2v) is 3.05. The van der Waals surface area contributed by atoms with Crippen LogP contribution in [0.3, 0.4) is 0 Å². The number of aliphatic hydroxyl groups is 1. The molecule has 0 bridgehead atoms. The molecule has 0 aliphatic heterocycles. The summed E-state index contributed by atoms with van der Waals surface area (Å²) in [6, 6.07) is 3.55. The van der Waals surface area contributed by atoms with E-state index in [1.165, 1.54) is 6.20 Å². The van der Waals surface area contributed by atoms with Crippen LogP contribution in [0.4, 0.5) is 4.39 Å². The van der Waals surface area contributed by atoms with E-state index in [1.54, 1.807) is 24.5 Å². The van der Waals surface area contributed by atoms with Crippen molar-refractivity contribution in [1.82, 2.24) is 9.97 Å². The molecule has 0 radical (unpaired) electrons. The molecule has 0 spiro atoms. The van der Waals surface area contributed by atoms with Crippen molar-refractivity contribution in [1.29, 1.82) is 0 Å². The Morgan fingerprint density at radius 2 is 2.07 bits per heavy atom. The zero-order valence-electron chi connectivity index (χ0n) is 7.89. The largest absolute Gasteiger partial charge is 0.392 e. The van der Waals surface area contributed by atoms with Gasteiger partial charge >= 0.3 is 0 Å². The first kappa shape index (κ1) is 9.73. The van der Waals surface area contributed by atoms with Crippen molar-refractivity contribution in [3.63, 3.8) is 0 Å². The number of pyridine rings is 2. The molecule has 0 aliphatic rings. The third-order valence-electron chi connectivity index (χ3n) is 2.14. The number of hydrogen-bond acceptors (Lipinski definition) is 3. The van der Waals surface area contributed by atoms with E-state index in [0.29, 0.717) is 5.56 Å². The van der Waals surface area contributed by atoms with Gasteiger partial charge in [-0.25, -0.2) is 4.39 Å². The van der Waals surface area contributed by atoms with Gasteiger partial charge < -0.3 is 5.11 Å². The number of aromatic nitrogens is 2. The minimum Gasteiger partial charge on any atom is -0.392 e. The van der Waals surface area contributed by atoms with Crippen LogP contribution in [-0.4, -0.2) is 15.1 Å². The van der Waals surface area contributed by atoms with Crippen molar-refractivity contribution in [3.8, 4) is 11.1 Å². The topological polar surface area (TPSA) is 46.0 Å². The van der Waals surface area contributed by atoms with E-state index in [4.69, 9.17) is 5.11 Å². The molecule has 0 saturated carbocycles. The highest BCUT2D eigenvalue weighted by Gasteiger charge is 2.09. The second-order valence-electron chi connectivity index (χ2n) is 3.05. The van der Waals surface area contributed by atoms with Crippen LogP contribution in [0.25, 0.3) is 11.1 Å². The van der Waals surface area contributed by atoms with Gasteiger partial charge in [0.15, 0.2) is 0 Å². The molecule has 76 valence electrons. The fourth-order valence-electron chi connectivity index (χ4n) is 1.39. The lowest BCUT2D eigenvalue weighted by Crippen LogP contribution is -1.96. The average molecular weight is 204 g/mol. The van der Waals surface area contributed by atoms with Crippen molar-refractivity contribution in [2.45, 2.75) is 6.61 Å². The molecule has 2 aromatic rings. The van der Waals surface area contributed by atoms with E-state index >= 15 is 0 Å². The average Bonchev–Trinajstić information content (AvgIpc) is 2.30. The van der Waals surface area contributed by atoms with Gasteiger partial charge in [-0.2, -0.15) is 0 Å². The predicted octanol–water partition coefficient (Wildman–Crippen LogP) is 1.77. The van der Waals surface area contributed by atoms with Crippen LogP contribution in [0.2, 0.25) is 0 Å². The number of hydrogen-bond donors (Lipinski definition) is 1. The Bertz CT molecular complexity index is 459. The van der Waals surface area contributed by atoms with Crippen molar-refractivity contribution >= 4 is 0 Å². The Hall–Kier alpha value is -1.81. The lowest BCUT2D eigenvalue weighted by atomic mass is 10.0. The summed E-state index contributed by atoms with van der Waals surface area (Å²) in [4.78, 5) is 7.69. The first-order valence-electron chi connectivity index (χ1n) is 4.46. The van der Waals surface area contributed by atoms with Crippen molar-refractivity contribution < 1.29 is 9.50 Å². The van der Waals surface area contributed by atoms with Gasteiger partial charge in [0.05, 0.1) is 12.8 Å². The van der Waals surface area contributed by atoms with Gasteiger partial charge in [0.25, 0.3) is 0 Å². The Morgan fingerprint density at radius 3 is 2.73 bits per heavy atom. The summed E-state index contributed by atoms with van der Waals surface area (Å²) in [6.45, 7) is -0.349. The SMILES string of the molecule is OCc1c(F)cncc1-c1cccnc1. The number of rotatable bonds is 2. The maximum absolute atomic E-state index is 13.3. The minimum atomic E-state index is -0.501. The van der Waals surface area contributed by atoms with Crippen LogP contribution in [0.5, 0.6) is 0 Å². The zero-order chi connectivity index (χ0) is 10.7. The van der Waals surface area contributed by atoms with E-state index in [0.717, 1.165) is 11.8 Å². The number of aliphatic hydroxyl groups excluding tert-OH is 1. The molecule has 0 aromatic carbocycles. The molecule has 15 heavy (non-hydrogen) atoms. The highest BCUT2D eigenvalue weighted by molar-refractivity contribution is 5.65. The lowest BCUT2D eigenvalue weighted by molar-refractivity contribution is 0.276. The Labute approximate surface area is 86.3 Å². The molecule has 0 amide bonds. The second kappa shape index (κ2) is 4.14. The van der Waals surface area contributed by atoms with Gasteiger partial charge in [-0.1, -0.05) is 6.07 Å². The van der Waals surface area contributed by atoms with Crippen LogP contribution in [0, 0.1) is 5.82 Å². The van der Waals surface area contributed by atoms with Gasteiger partial charge in [0.1, 0.15) is 5.82 Å². The molecule has 0 fully saturated rings. The molecule has 1 N–H and O–H groups in total. The fraction of sp³-hybridized carbons (Fsp3) is 0.0909. The van der Waals surface area contributed by atoms with E-state index in [2.05, 4.69) is 9.97 Å². The van der Waals surface area contributed by atoms with Crippen molar-refractivity contribution in [2.75, 3.05) is 0 Å². The van der Waals surface area contributed by atoms with Crippen LogP contribution < -0.4 is 0 Å². The molecule has 0 unspecified atom stereocenters. The Morgan fingerprint density at radius 1 is 1.20 bits per heavy atom. The Balaban J connectivity index is 2.58. The highest BCUT2D eigenvalue weighted by Crippen LogP contribution is 2.23. The molecule has 0 atom stereocenters. The van der Waals surface area contributed by atoms with Gasteiger partial charge in [-0.05, 0) is 6.07 Å². The number of halogens is 1. The summed E-state index contributed by atoms with van der Waals surface area (Å²) in [6.07, 6.45) is 5.85. The molecule has 0 saturated heterocycles. The molecular formula is C11H9FN2O. The minimum absolute atomic E-state index is 0.248. The van der Waals surface area contributed by atoms with Crippen LogP contribution in [0.15, 0.2) is 36.9 Å². The summed E-state index contributed by atoms with van der Waals surface area (Å²) < 4.78 is 13.3. The van der Waals surface area contributed by atoms with Crippen LogP contribution >= 0.6 is 0 Å². The van der Waals surface area contributed by atoms with E-state index in [1.807, 2.05) is 0 Å². The van der Waals surface area contributed by atoms with Crippen molar-refractivity contribution in [2.24, 2.45) is 0 Å². The molecular weight excluding hydrogens is 195 g/mol. The van der Waals surface area contributed by atoms with Gasteiger partial charge in [-0.3, -0.25) is 9.97 Å².